The summed E-state index contributed by atoms with van der Waals surface area (Å²) in [6, 6.07) is 8.61. The predicted molar refractivity (Wildman–Crippen MR) is 111 cm³/mol. The normalized spacial score (nSPS) is 18.8. The molecule has 27 heavy (non-hydrogen) atoms. The van der Waals surface area contributed by atoms with Gasteiger partial charge >= 0.3 is 0 Å². The third kappa shape index (κ3) is 4.51. The van der Waals surface area contributed by atoms with Gasteiger partial charge in [-0.1, -0.05) is 12.1 Å². The molecule has 0 amide bonds. The van der Waals surface area contributed by atoms with Crippen molar-refractivity contribution in [2.75, 3.05) is 62.3 Å². The van der Waals surface area contributed by atoms with Gasteiger partial charge < -0.3 is 25.2 Å². The topological polar surface area (TPSA) is 70.2 Å². The van der Waals surface area contributed by atoms with Crippen molar-refractivity contribution in [2.24, 2.45) is 10.7 Å². The Morgan fingerprint density at radius 2 is 1.78 bits per heavy atom. The van der Waals surface area contributed by atoms with Crippen molar-refractivity contribution in [3.05, 3.63) is 41.4 Å². The fraction of sp³-hybridized carbons (Fsp3) is 0.474. The summed E-state index contributed by atoms with van der Waals surface area (Å²) >= 11 is 1.68. The first-order chi connectivity index (χ1) is 13.3. The van der Waals surface area contributed by atoms with Crippen LogP contribution in [-0.2, 0) is 11.3 Å². The molecule has 2 saturated heterocycles. The number of ether oxygens (including phenoxy) is 1. The average molecular weight is 387 g/mol. The Morgan fingerprint density at radius 1 is 1.04 bits per heavy atom. The molecule has 2 aliphatic heterocycles. The first-order valence-corrected chi connectivity index (χ1v) is 10.3. The summed E-state index contributed by atoms with van der Waals surface area (Å²) in [6.07, 6.45) is 1.85. The molecular formula is C19H26N6OS. The Bertz CT molecular complexity index is 734. The molecule has 4 rings (SSSR count). The second-order valence-electron chi connectivity index (χ2n) is 6.73. The maximum atomic E-state index is 6.23. The molecule has 2 fully saturated rings. The second kappa shape index (κ2) is 8.58. The van der Waals surface area contributed by atoms with Crippen LogP contribution in [0.1, 0.15) is 5.56 Å². The van der Waals surface area contributed by atoms with Gasteiger partial charge in [-0.2, -0.15) is 0 Å². The van der Waals surface area contributed by atoms with Crippen molar-refractivity contribution in [2.45, 2.75) is 6.54 Å². The summed E-state index contributed by atoms with van der Waals surface area (Å²) in [7, 11) is 0. The second-order valence-corrected chi connectivity index (χ2v) is 7.60. The quantitative estimate of drug-likeness (QED) is 0.636. The smallest absolute Gasteiger partial charge is 0.191 e. The number of hydrogen-bond acceptors (Lipinski definition) is 6. The predicted octanol–water partition coefficient (Wildman–Crippen LogP) is 1.62. The zero-order chi connectivity index (χ0) is 18.5. The van der Waals surface area contributed by atoms with Crippen LogP contribution in [0.3, 0.4) is 0 Å². The monoisotopic (exact) mass is 386 g/mol. The highest BCUT2D eigenvalue weighted by Crippen LogP contribution is 2.19. The molecule has 144 valence electrons. The van der Waals surface area contributed by atoms with Crippen molar-refractivity contribution in [1.29, 1.82) is 0 Å². The van der Waals surface area contributed by atoms with E-state index in [2.05, 4.69) is 48.9 Å². The molecule has 0 bridgehead atoms. The Balaban J connectivity index is 1.29. The van der Waals surface area contributed by atoms with Gasteiger partial charge in [0.25, 0.3) is 0 Å². The van der Waals surface area contributed by atoms with Gasteiger partial charge in [-0.15, -0.1) is 11.3 Å². The van der Waals surface area contributed by atoms with E-state index in [9.17, 15) is 0 Å². The molecule has 0 atom stereocenters. The van der Waals surface area contributed by atoms with Gasteiger partial charge in [0.15, 0.2) is 11.1 Å². The molecule has 0 unspecified atom stereocenters. The summed E-state index contributed by atoms with van der Waals surface area (Å²) in [5.74, 6) is 0.631. The number of aliphatic imine (C=N–C) groups is 1. The van der Waals surface area contributed by atoms with Crippen LogP contribution in [0.25, 0.3) is 0 Å². The first-order valence-electron chi connectivity index (χ1n) is 9.40. The molecule has 0 radical (unpaired) electrons. The van der Waals surface area contributed by atoms with Gasteiger partial charge in [0.1, 0.15) is 0 Å². The number of nitrogens with zero attached hydrogens (tertiary/aromatic N) is 5. The third-order valence-electron chi connectivity index (χ3n) is 5.03. The van der Waals surface area contributed by atoms with Crippen molar-refractivity contribution >= 4 is 28.1 Å². The molecular weight excluding hydrogens is 360 g/mol. The number of hydrogen-bond donors (Lipinski definition) is 1. The van der Waals surface area contributed by atoms with Gasteiger partial charge in [-0.3, -0.25) is 0 Å². The molecule has 0 aliphatic carbocycles. The van der Waals surface area contributed by atoms with Crippen LogP contribution < -0.4 is 15.5 Å². The zero-order valence-corrected chi connectivity index (χ0v) is 16.3. The molecule has 8 heteroatoms. The van der Waals surface area contributed by atoms with E-state index in [0.29, 0.717) is 12.5 Å². The van der Waals surface area contributed by atoms with Gasteiger partial charge in [0, 0.05) is 56.5 Å². The molecule has 7 nitrogen and oxygen atoms in total. The lowest BCUT2D eigenvalue weighted by atomic mass is 10.2. The lowest BCUT2D eigenvalue weighted by Gasteiger charge is -2.35. The van der Waals surface area contributed by atoms with E-state index in [0.717, 1.165) is 57.6 Å². The summed E-state index contributed by atoms with van der Waals surface area (Å²) in [5, 5.41) is 3.10. The minimum atomic E-state index is 0.613. The standard InChI is InChI=1S/C19H26N6OS/c20-18(24-6-8-25(9-7-24)19-21-5-14-27-19)22-15-16-1-3-17(4-2-16)23-10-12-26-13-11-23/h1-5,14H,6-13,15H2,(H2,20,22). The molecule has 2 N–H and O–H groups in total. The van der Waals surface area contributed by atoms with E-state index in [1.54, 1.807) is 11.3 Å². The number of guanidine groups is 1. The van der Waals surface area contributed by atoms with Crippen molar-refractivity contribution in [1.82, 2.24) is 9.88 Å². The molecule has 2 aromatic rings. The maximum Gasteiger partial charge on any atom is 0.191 e. The van der Waals surface area contributed by atoms with E-state index in [1.807, 2.05) is 11.6 Å². The minimum Gasteiger partial charge on any atom is -0.378 e. The minimum absolute atomic E-state index is 0.613. The number of piperazine rings is 1. The van der Waals surface area contributed by atoms with Crippen LogP contribution >= 0.6 is 11.3 Å². The number of anilines is 2. The van der Waals surface area contributed by atoms with Crippen LogP contribution in [0.5, 0.6) is 0 Å². The van der Waals surface area contributed by atoms with Gasteiger partial charge in [-0.25, -0.2) is 9.98 Å². The maximum absolute atomic E-state index is 6.23. The fourth-order valence-corrected chi connectivity index (χ4v) is 4.10. The lowest BCUT2D eigenvalue weighted by Crippen LogP contribution is -2.51. The van der Waals surface area contributed by atoms with E-state index in [1.165, 1.54) is 11.3 Å². The van der Waals surface area contributed by atoms with Crippen LogP contribution in [0.2, 0.25) is 0 Å². The fourth-order valence-electron chi connectivity index (χ4n) is 3.40. The number of morpholine rings is 1. The Morgan fingerprint density at radius 3 is 2.44 bits per heavy atom. The lowest BCUT2D eigenvalue weighted by molar-refractivity contribution is 0.122. The molecule has 3 heterocycles. The van der Waals surface area contributed by atoms with Crippen molar-refractivity contribution in [3.63, 3.8) is 0 Å². The molecule has 2 aliphatic rings. The van der Waals surface area contributed by atoms with Gasteiger partial charge in [0.2, 0.25) is 0 Å². The Hall–Kier alpha value is -2.32. The molecule has 0 saturated carbocycles. The van der Waals surface area contributed by atoms with Crippen LogP contribution in [-0.4, -0.2) is 68.3 Å². The van der Waals surface area contributed by atoms with Gasteiger partial charge in [-0.05, 0) is 17.7 Å². The number of thiazole rings is 1. The SMILES string of the molecule is NC(=NCc1ccc(N2CCOCC2)cc1)N1CCN(c2nccs2)CC1. The third-order valence-corrected chi connectivity index (χ3v) is 5.86. The van der Waals surface area contributed by atoms with Crippen LogP contribution in [0.4, 0.5) is 10.8 Å². The van der Waals surface area contributed by atoms with Crippen LogP contribution in [0.15, 0.2) is 40.8 Å². The highest BCUT2D eigenvalue weighted by atomic mass is 32.1. The highest BCUT2D eigenvalue weighted by Gasteiger charge is 2.19. The number of nitrogens with two attached hydrogens (primary N) is 1. The highest BCUT2D eigenvalue weighted by molar-refractivity contribution is 7.13. The van der Waals surface area contributed by atoms with E-state index >= 15 is 0 Å². The number of aromatic nitrogens is 1. The van der Waals surface area contributed by atoms with E-state index in [-0.39, 0.29) is 0 Å². The number of rotatable bonds is 4. The van der Waals surface area contributed by atoms with Crippen LogP contribution in [0, 0.1) is 0 Å². The molecule has 1 aromatic heterocycles. The Labute approximate surface area is 164 Å². The number of benzene rings is 1. The van der Waals surface area contributed by atoms with Gasteiger partial charge in [0.05, 0.1) is 19.8 Å². The summed E-state index contributed by atoms with van der Waals surface area (Å²) in [5.41, 5.74) is 8.65. The first kappa shape index (κ1) is 18.1. The molecule has 1 aromatic carbocycles. The average Bonchev–Trinajstić information content (AvgIpc) is 3.28. The molecule has 0 spiro atoms. The van der Waals surface area contributed by atoms with E-state index < -0.39 is 0 Å². The largest absolute Gasteiger partial charge is 0.378 e. The summed E-state index contributed by atoms with van der Waals surface area (Å²) in [6.45, 7) is 7.75. The summed E-state index contributed by atoms with van der Waals surface area (Å²) in [4.78, 5) is 15.8. The van der Waals surface area contributed by atoms with Crippen molar-refractivity contribution < 1.29 is 4.74 Å². The Kier molecular flexibility index (Phi) is 5.74. The van der Waals surface area contributed by atoms with Crippen molar-refractivity contribution in [3.8, 4) is 0 Å². The summed E-state index contributed by atoms with van der Waals surface area (Å²) < 4.78 is 5.41. The van der Waals surface area contributed by atoms with E-state index in [4.69, 9.17) is 10.5 Å². The zero-order valence-electron chi connectivity index (χ0n) is 15.5.